The van der Waals surface area contributed by atoms with Crippen molar-refractivity contribution < 1.29 is 4.79 Å². The van der Waals surface area contributed by atoms with E-state index in [9.17, 15) is 9.59 Å². The molecule has 1 amide bonds. The normalized spacial score (nSPS) is 11.2. The van der Waals surface area contributed by atoms with Crippen molar-refractivity contribution in [3.8, 4) is 0 Å². The summed E-state index contributed by atoms with van der Waals surface area (Å²) in [4.78, 5) is 29.8. The maximum absolute atomic E-state index is 12.7. The van der Waals surface area contributed by atoms with Crippen LogP contribution in [0.2, 0.25) is 5.02 Å². The molecule has 0 aliphatic rings. The van der Waals surface area contributed by atoms with Crippen LogP contribution < -0.4 is 10.5 Å². The lowest BCUT2D eigenvalue weighted by Gasteiger charge is -2.17. The lowest BCUT2D eigenvalue weighted by Crippen LogP contribution is -2.35. The Balaban J connectivity index is 1.69. The van der Waals surface area contributed by atoms with Crippen molar-refractivity contribution in [2.45, 2.75) is 6.54 Å². The first-order valence-corrected chi connectivity index (χ1v) is 8.41. The summed E-state index contributed by atoms with van der Waals surface area (Å²) >= 11 is 5.97. The predicted molar refractivity (Wildman–Crippen MR) is 103 cm³/mol. The number of likely N-dealkylation sites (N-methyl/N-ethyl adjacent to an activating group) is 1. The molecule has 0 radical (unpaired) electrons. The van der Waals surface area contributed by atoms with Crippen LogP contribution in [0.15, 0.2) is 59.5 Å². The maximum atomic E-state index is 12.7. The first-order chi connectivity index (χ1) is 12.5. The highest BCUT2D eigenvalue weighted by atomic mass is 35.5. The Morgan fingerprint density at radius 2 is 2.00 bits per heavy atom. The van der Waals surface area contributed by atoms with Crippen molar-refractivity contribution in [2.24, 2.45) is 0 Å². The van der Waals surface area contributed by atoms with Crippen LogP contribution in [-0.2, 0) is 11.3 Å². The van der Waals surface area contributed by atoms with E-state index in [1.807, 2.05) is 24.3 Å². The van der Waals surface area contributed by atoms with Gasteiger partial charge in [-0.2, -0.15) is 5.10 Å². The van der Waals surface area contributed by atoms with E-state index >= 15 is 0 Å². The van der Waals surface area contributed by atoms with Crippen molar-refractivity contribution in [3.05, 3.63) is 70.1 Å². The van der Waals surface area contributed by atoms with Gasteiger partial charge in [0.2, 0.25) is 5.91 Å². The van der Waals surface area contributed by atoms with E-state index in [-0.39, 0.29) is 18.0 Å². The van der Waals surface area contributed by atoms with Gasteiger partial charge in [-0.1, -0.05) is 35.9 Å². The second-order valence-corrected chi connectivity index (χ2v) is 6.44. The number of aromatic nitrogens is 3. The molecule has 0 bridgehead atoms. The van der Waals surface area contributed by atoms with Crippen molar-refractivity contribution >= 4 is 45.0 Å². The standard InChI is InChI=1S/C19H15ClN4O2/c1-23(13-6-4-5-12(20)9-13)17(25)11-24-19(26)18-15(10-21-24)14-7-2-3-8-16(14)22-18/h2-10,22H,11H2,1H3. The monoisotopic (exact) mass is 366 g/mol. The van der Waals surface area contributed by atoms with Crippen molar-refractivity contribution in [2.75, 3.05) is 11.9 Å². The number of anilines is 1. The van der Waals surface area contributed by atoms with Crippen molar-refractivity contribution in [1.29, 1.82) is 0 Å². The molecule has 0 saturated carbocycles. The van der Waals surface area contributed by atoms with E-state index in [0.29, 0.717) is 16.2 Å². The Morgan fingerprint density at radius 3 is 2.81 bits per heavy atom. The third-order valence-corrected chi connectivity index (χ3v) is 4.61. The number of aromatic amines is 1. The quantitative estimate of drug-likeness (QED) is 0.605. The highest BCUT2D eigenvalue weighted by Crippen LogP contribution is 2.22. The van der Waals surface area contributed by atoms with Crippen LogP contribution in [-0.4, -0.2) is 27.7 Å². The molecule has 0 unspecified atom stereocenters. The molecule has 26 heavy (non-hydrogen) atoms. The summed E-state index contributed by atoms with van der Waals surface area (Å²) < 4.78 is 1.17. The van der Waals surface area contributed by atoms with Crippen LogP contribution in [0.3, 0.4) is 0 Å². The molecule has 4 rings (SSSR count). The average Bonchev–Trinajstić information content (AvgIpc) is 3.03. The van der Waals surface area contributed by atoms with E-state index in [2.05, 4.69) is 10.1 Å². The Kier molecular flexibility index (Phi) is 3.97. The third kappa shape index (κ3) is 2.74. The molecule has 4 aromatic rings. The number of benzene rings is 2. The number of halogens is 1. The first-order valence-electron chi connectivity index (χ1n) is 8.03. The highest BCUT2D eigenvalue weighted by molar-refractivity contribution is 6.30. The van der Waals surface area contributed by atoms with E-state index in [1.54, 1.807) is 37.5 Å². The SMILES string of the molecule is CN(C(=O)Cn1ncc2c([nH]c3ccccc32)c1=O)c1cccc(Cl)c1. The maximum Gasteiger partial charge on any atom is 0.291 e. The second-order valence-electron chi connectivity index (χ2n) is 6.00. The minimum atomic E-state index is -0.327. The first kappa shape index (κ1) is 16.4. The number of carbonyl (C=O) groups is 1. The van der Waals surface area contributed by atoms with E-state index in [0.717, 1.165) is 16.3 Å². The zero-order valence-electron chi connectivity index (χ0n) is 13.9. The van der Waals surface area contributed by atoms with Crippen LogP contribution in [0.25, 0.3) is 21.8 Å². The lowest BCUT2D eigenvalue weighted by atomic mass is 10.2. The number of rotatable bonds is 3. The van der Waals surface area contributed by atoms with Gasteiger partial charge in [-0.05, 0) is 24.3 Å². The van der Waals surface area contributed by atoms with Crippen LogP contribution in [0, 0.1) is 0 Å². The number of nitrogens with zero attached hydrogens (tertiary/aromatic N) is 3. The fourth-order valence-electron chi connectivity index (χ4n) is 2.95. The van der Waals surface area contributed by atoms with Crippen LogP contribution in [0.1, 0.15) is 0 Å². The number of H-pyrrole nitrogens is 1. The largest absolute Gasteiger partial charge is 0.350 e. The van der Waals surface area contributed by atoms with E-state index in [1.165, 1.54) is 9.58 Å². The number of nitrogens with one attached hydrogen (secondary N) is 1. The summed E-state index contributed by atoms with van der Waals surface area (Å²) in [5.74, 6) is -0.266. The number of carbonyl (C=O) groups excluding carboxylic acids is 1. The fraction of sp³-hybridized carbons (Fsp3) is 0.105. The summed E-state index contributed by atoms with van der Waals surface area (Å²) in [6, 6.07) is 14.6. The van der Waals surface area contributed by atoms with E-state index < -0.39 is 0 Å². The number of hydrogen-bond acceptors (Lipinski definition) is 3. The topological polar surface area (TPSA) is 71.0 Å². The van der Waals surface area contributed by atoms with Crippen LogP contribution in [0.5, 0.6) is 0 Å². The van der Waals surface area contributed by atoms with Gasteiger partial charge in [0, 0.05) is 34.0 Å². The molecule has 0 fully saturated rings. The molecular formula is C19H15ClN4O2. The molecule has 2 heterocycles. The Labute approximate surface area is 153 Å². The lowest BCUT2D eigenvalue weighted by molar-refractivity contribution is -0.119. The van der Waals surface area contributed by atoms with Gasteiger partial charge in [0.15, 0.2) is 0 Å². The smallest absolute Gasteiger partial charge is 0.291 e. The molecule has 1 N–H and O–H groups in total. The van der Waals surface area contributed by atoms with Gasteiger partial charge >= 0.3 is 0 Å². The van der Waals surface area contributed by atoms with Crippen molar-refractivity contribution in [3.63, 3.8) is 0 Å². The predicted octanol–water partition coefficient (Wildman–Crippen LogP) is 3.19. The molecule has 2 aromatic carbocycles. The van der Waals surface area contributed by atoms with Gasteiger partial charge < -0.3 is 9.88 Å². The third-order valence-electron chi connectivity index (χ3n) is 4.38. The molecule has 0 atom stereocenters. The second kappa shape index (κ2) is 6.31. The molecular weight excluding hydrogens is 352 g/mol. The zero-order valence-corrected chi connectivity index (χ0v) is 14.7. The molecule has 0 aliphatic carbocycles. The number of amides is 1. The summed E-state index contributed by atoms with van der Waals surface area (Å²) in [7, 11) is 1.64. The van der Waals surface area contributed by atoms with Gasteiger partial charge in [-0.3, -0.25) is 9.59 Å². The van der Waals surface area contributed by atoms with Crippen molar-refractivity contribution in [1.82, 2.24) is 14.8 Å². The van der Waals surface area contributed by atoms with Gasteiger partial charge in [0.25, 0.3) is 5.56 Å². The highest BCUT2D eigenvalue weighted by Gasteiger charge is 2.16. The minimum Gasteiger partial charge on any atom is -0.350 e. The van der Waals surface area contributed by atoms with Gasteiger partial charge in [0.1, 0.15) is 12.1 Å². The number of hydrogen-bond donors (Lipinski definition) is 1. The molecule has 0 aliphatic heterocycles. The summed E-state index contributed by atoms with van der Waals surface area (Å²) in [6.45, 7) is -0.160. The van der Waals surface area contributed by atoms with Gasteiger partial charge in [0.05, 0.1) is 6.20 Å². The van der Waals surface area contributed by atoms with E-state index in [4.69, 9.17) is 11.6 Å². The molecule has 2 aromatic heterocycles. The molecule has 7 heteroatoms. The summed E-state index contributed by atoms with van der Waals surface area (Å²) in [5, 5.41) is 6.39. The summed E-state index contributed by atoms with van der Waals surface area (Å²) in [5.41, 5.74) is 1.63. The molecule has 130 valence electrons. The Morgan fingerprint density at radius 1 is 1.19 bits per heavy atom. The minimum absolute atomic E-state index is 0.160. The van der Waals surface area contributed by atoms with Crippen LogP contribution >= 0.6 is 11.6 Å². The Hall–Kier alpha value is -3.12. The Bertz CT molecular complexity index is 1200. The summed E-state index contributed by atoms with van der Waals surface area (Å²) in [6.07, 6.45) is 1.61. The number of para-hydroxylation sites is 1. The zero-order chi connectivity index (χ0) is 18.3. The number of fused-ring (bicyclic) bond motifs is 3. The average molecular weight is 367 g/mol. The van der Waals surface area contributed by atoms with Gasteiger partial charge in [-0.15, -0.1) is 0 Å². The van der Waals surface area contributed by atoms with Gasteiger partial charge in [-0.25, -0.2) is 4.68 Å². The molecule has 0 saturated heterocycles. The molecule has 0 spiro atoms. The fourth-order valence-corrected chi connectivity index (χ4v) is 3.14. The molecule has 6 nitrogen and oxygen atoms in total. The van der Waals surface area contributed by atoms with Crippen LogP contribution in [0.4, 0.5) is 5.69 Å².